The normalized spacial score (nSPS) is 25.8. The van der Waals surface area contributed by atoms with Crippen molar-refractivity contribution in [1.29, 1.82) is 0 Å². The van der Waals surface area contributed by atoms with E-state index in [2.05, 4.69) is 35.6 Å². The molecule has 18 heavy (non-hydrogen) atoms. The SMILES string of the molecule is CS(=O)CCNC1CCCCC1c1ccccc1. The highest BCUT2D eigenvalue weighted by molar-refractivity contribution is 7.84. The highest BCUT2D eigenvalue weighted by Gasteiger charge is 2.25. The lowest BCUT2D eigenvalue weighted by atomic mass is 9.80. The van der Waals surface area contributed by atoms with Gasteiger partial charge < -0.3 is 5.32 Å². The Morgan fingerprint density at radius 2 is 1.94 bits per heavy atom. The zero-order valence-corrected chi connectivity index (χ0v) is 11.9. The second-order valence-electron chi connectivity index (χ2n) is 5.14. The van der Waals surface area contributed by atoms with Gasteiger partial charge in [0.15, 0.2) is 0 Å². The van der Waals surface area contributed by atoms with Crippen LogP contribution in [0.4, 0.5) is 0 Å². The Morgan fingerprint density at radius 1 is 1.22 bits per heavy atom. The third kappa shape index (κ3) is 3.92. The van der Waals surface area contributed by atoms with E-state index in [9.17, 15) is 4.21 Å². The molecule has 0 radical (unpaired) electrons. The van der Waals surface area contributed by atoms with Gasteiger partial charge >= 0.3 is 0 Å². The summed E-state index contributed by atoms with van der Waals surface area (Å²) in [6.45, 7) is 0.872. The molecule has 1 saturated carbocycles. The second-order valence-corrected chi connectivity index (χ2v) is 6.69. The lowest BCUT2D eigenvalue weighted by Crippen LogP contribution is -2.39. The molecule has 0 heterocycles. The van der Waals surface area contributed by atoms with Gasteiger partial charge in [0.05, 0.1) is 0 Å². The predicted octanol–water partition coefficient (Wildman–Crippen LogP) is 2.68. The summed E-state index contributed by atoms with van der Waals surface area (Å²) < 4.78 is 11.1. The zero-order valence-electron chi connectivity index (χ0n) is 11.1. The van der Waals surface area contributed by atoms with Gasteiger partial charge in [0.25, 0.3) is 0 Å². The van der Waals surface area contributed by atoms with E-state index >= 15 is 0 Å². The molecule has 0 amide bonds. The highest BCUT2D eigenvalue weighted by atomic mass is 32.2. The summed E-state index contributed by atoms with van der Waals surface area (Å²) in [5.41, 5.74) is 1.45. The van der Waals surface area contributed by atoms with Crippen molar-refractivity contribution in [3.63, 3.8) is 0 Å². The maximum atomic E-state index is 11.1. The molecule has 1 fully saturated rings. The predicted molar refractivity (Wildman–Crippen MR) is 78.4 cm³/mol. The van der Waals surface area contributed by atoms with Crippen molar-refractivity contribution in [2.45, 2.75) is 37.6 Å². The third-order valence-electron chi connectivity index (χ3n) is 3.79. The summed E-state index contributed by atoms with van der Waals surface area (Å²) in [5, 5.41) is 3.61. The first-order valence-electron chi connectivity index (χ1n) is 6.86. The van der Waals surface area contributed by atoms with Crippen molar-refractivity contribution in [3.05, 3.63) is 35.9 Å². The van der Waals surface area contributed by atoms with Gasteiger partial charge in [-0.2, -0.15) is 0 Å². The summed E-state index contributed by atoms with van der Waals surface area (Å²) in [6, 6.07) is 11.4. The topological polar surface area (TPSA) is 29.1 Å². The Bertz CT molecular complexity index is 379. The quantitative estimate of drug-likeness (QED) is 0.887. The third-order valence-corrected chi connectivity index (χ3v) is 4.57. The molecule has 0 aromatic heterocycles. The summed E-state index contributed by atoms with van der Waals surface area (Å²) in [5.74, 6) is 1.39. The van der Waals surface area contributed by atoms with E-state index in [1.807, 2.05) is 0 Å². The van der Waals surface area contributed by atoms with Crippen LogP contribution in [0.5, 0.6) is 0 Å². The molecule has 0 aliphatic heterocycles. The Labute approximate surface area is 113 Å². The molecule has 3 atom stereocenters. The van der Waals surface area contributed by atoms with E-state index in [1.54, 1.807) is 6.26 Å². The molecule has 2 rings (SSSR count). The van der Waals surface area contributed by atoms with Crippen LogP contribution >= 0.6 is 0 Å². The minimum absolute atomic E-state index is 0.560. The molecule has 3 heteroatoms. The summed E-state index contributed by atoms with van der Waals surface area (Å²) in [4.78, 5) is 0. The molecule has 3 unspecified atom stereocenters. The number of rotatable bonds is 5. The monoisotopic (exact) mass is 265 g/mol. The average molecular weight is 265 g/mol. The van der Waals surface area contributed by atoms with Gasteiger partial charge in [-0.1, -0.05) is 43.2 Å². The van der Waals surface area contributed by atoms with Gasteiger partial charge in [-0.3, -0.25) is 4.21 Å². The molecule has 1 aromatic rings. The molecule has 1 aliphatic carbocycles. The Balaban J connectivity index is 1.95. The second kappa shape index (κ2) is 7.05. The van der Waals surface area contributed by atoms with Crippen LogP contribution in [0.3, 0.4) is 0 Å². The number of hydrogen-bond acceptors (Lipinski definition) is 2. The van der Waals surface area contributed by atoms with Crippen LogP contribution in [-0.4, -0.2) is 28.8 Å². The fourth-order valence-electron chi connectivity index (χ4n) is 2.86. The van der Waals surface area contributed by atoms with Crippen LogP contribution in [0.2, 0.25) is 0 Å². The first-order chi connectivity index (χ1) is 8.77. The van der Waals surface area contributed by atoms with Crippen LogP contribution in [-0.2, 0) is 10.8 Å². The molecule has 1 aliphatic rings. The summed E-state index contributed by atoms with van der Waals surface area (Å²) in [7, 11) is -0.688. The molecule has 0 bridgehead atoms. The van der Waals surface area contributed by atoms with Crippen molar-refractivity contribution >= 4 is 10.8 Å². The van der Waals surface area contributed by atoms with Gasteiger partial charge in [-0.25, -0.2) is 0 Å². The molecule has 0 spiro atoms. The number of nitrogens with one attached hydrogen (secondary N) is 1. The van der Waals surface area contributed by atoms with E-state index < -0.39 is 10.8 Å². The fraction of sp³-hybridized carbons (Fsp3) is 0.600. The number of hydrogen-bond donors (Lipinski definition) is 1. The maximum Gasteiger partial charge on any atom is 0.0357 e. The largest absolute Gasteiger partial charge is 0.312 e. The molecule has 2 nitrogen and oxygen atoms in total. The van der Waals surface area contributed by atoms with Gasteiger partial charge in [-0.05, 0) is 24.3 Å². The first kappa shape index (κ1) is 13.8. The van der Waals surface area contributed by atoms with Crippen molar-refractivity contribution in [1.82, 2.24) is 5.32 Å². The standard InChI is InChI=1S/C15H23NOS/c1-18(17)12-11-16-15-10-6-5-9-14(15)13-7-3-2-4-8-13/h2-4,7-8,14-16H,5-6,9-12H2,1H3. The highest BCUT2D eigenvalue weighted by Crippen LogP contribution is 2.32. The van der Waals surface area contributed by atoms with Crippen molar-refractivity contribution in [2.75, 3.05) is 18.6 Å². The molecule has 100 valence electrons. The Kier molecular flexibility index (Phi) is 5.39. The van der Waals surface area contributed by atoms with Gasteiger partial charge in [0.2, 0.25) is 0 Å². The van der Waals surface area contributed by atoms with Gasteiger partial charge in [-0.15, -0.1) is 0 Å². The lowest BCUT2D eigenvalue weighted by molar-refractivity contribution is 0.333. The van der Waals surface area contributed by atoms with Crippen LogP contribution in [0.15, 0.2) is 30.3 Å². The molecule has 1 aromatic carbocycles. The average Bonchev–Trinajstić information content (AvgIpc) is 2.40. The summed E-state index contributed by atoms with van der Waals surface area (Å²) in [6.07, 6.45) is 6.94. The first-order valence-corrected chi connectivity index (χ1v) is 8.58. The van der Waals surface area contributed by atoms with E-state index in [4.69, 9.17) is 0 Å². The number of benzene rings is 1. The van der Waals surface area contributed by atoms with Crippen LogP contribution in [0, 0.1) is 0 Å². The van der Waals surface area contributed by atoms with E-state index in [-0.39, 0.29) is 0 Å². The van der Waals surface area contributed by atoms with Gasteiger partial charge in [0, 0.05) is 35.4 Å². The van der Waals surface area contributed by atoms with Crippen molar-refractivity contribution < 1.29 is 4.21 Å². The minimum Gasteiger partial charge on any atom is -0.312 e. The molecule has 0 saturated heterocycles. The van der Waals surface area contributed by atoms with Crippen LogP contribution in [0.1, 0.15) is 37.2 Å². The van der Waals surface area contributed by atoms with E-state index in [1.165, 1.54) is 31.2 Å². The Hall–Kier alpha value is -0.670. The fourth-order valence-corrected chi connectivity index (χ4v) is 3.27. The van der Waals surface area contributed by atoms with Crippen LogP contribution < -0.4 is 5.32 Å². The molecule has 1 N–H and O–H groups in total. The Morgan fingerprint density at radius 3 is 2.67 bits per heavy atom. The van der Waals surface area contributed by atoms with Gasteiger partial charge in [0.1, 0.15) is 0 Å². The maximum absolute atomic E-state index is 11.1. The van der Waals surface area contributed by atoms with Crippen molar-refractivity contribution in [3.8, 4) is 0 Å². The van der Waals surface area contributed by atoms with Crippen molar-refractivity contribution in [2.24, 2.45) is 0 Å². The van der Waals surface area contributed by atoms with E-state index in [0.29, 0.717) is 12.0 Å². The zero-order chi connectivity index (χ0) is 12.8. The molecular weight excluding hydrogens is 242 g/mol. The van der Waals surface area contributed by atoms with Crippen LogP contribution in [0.25, 0.3) is 0 Å². The summed E-state index contributed by atoms with van der Waals surface area (Å²) >= 11 is 0. The molecular formula is C15H23NOS. The lowest BCUT2D eigenvalue weighted by Gasteiger charge is -2.32. The smallest absolute Gasteiger partial charge is 0.0357 e. The van der Waals surface area contributed by atoms with E-state index in [0.717, 1.165) is 12.3 Å². The minimum atomic E-state index is -0.688.